The molecule has 132 valence electrons. The van der Waals surface area contributed by atoms with E-state index in [1.165, 1.54) is 12.0 Å². The summed E-state index contributed by atoms with van der Waals surface area (Å²) in [5.74, 6) is 0.214. The zero-order valence-electron chi connectivity index (χ0n) is 14.7. The Bertz CT molecular complexity index is 718. The van der Waals surface area contributed by atoms with Gasteiger partial charge in [-0.3, -0.25) is 0 Å². The van der Waals surface area contributed by atoms with Crippen LogP contribution in [0.3, 0.4) is 0 Å². The molecule has 4 nitrogen and oxygen atoms in total. The highest BCUT2D eigenvalue weighted by Crippen LogP contribution is 2.26. The molecule has 0 spiro atoms. The van der Waals surface area contributed by atoms with E-state index in [4.69, 9.17) is 15.2 Å². The molecule has 1 saturated carbocycles. The fourth-order valence-electron chi connectivity index (χ4n) is 3.03. The fraction of sp³-hybridized carbons (Fsp3) is 0.381. The van der Waals surface area contributed by atoms with E-state index in [9.17, 15) is 4.79 Å². The lowest BCUT2D eigenvalue weighted by Gasteiger charge is -2.22. The van der Waals surface area contributed by atoms with Gasteiger partial charge in [0.15, 0.2) is 0 Å². The third-order valence-electron chi connectivity index (χ3n) is 4.59. The Morgan fingerprint density at radius 1 is 1.08 bits per heavy atom. The number of hydrogen-bond donors (Lipinski definition) is 1. The highest BCUT2D eigenvalue weighted by molar-refractivity contribution is 5.90. The number of anilines is 1. The van der Waals surface area contributed by atoms with Gasteiger partial charge in [-0.15, -0.1) is 0 Å². The maximum absolute atomic E-state index is 12.4. The molecule has 2 aromatic carbocycles. The second-order valence-electron chi connectivity index (χ2n) is 6.69. The van der Waals surface area contributed by atoms with Crippen LogP contribution in [0.1, 0.15) is 53.6 Å². The van der Waals surface area contributed by atoms with Crippen LogP contribution in [0.4, 0.5) is 5.69 Å². The monoisotopic (exact) mass is 339 g/mol. The second kappa shape index (κ2) is 8.06. The van der Waals surface area contributed by atoms with E-state index in [1.807, 2.05) is 31.2 Å². The van der Waals surface area contributed by atoms with Crippen molar-refractivity contribution >= 4 is 11.7 Å². The number of benzene rings is 2. The van der Waals surface area contributed by atoms with E-state index >= 15 is 0 Å². The molecule has 3 rings (SSSR count). The third-order valence-corrected chi connectivity index (χ3v) is 4.59. The molecule has 0 aromatic heterocycles. The van der Waals surface area contributed by atoms with Gasteiger partial charge in [0.05, 0.1) is 11.3 Å². The van der Waals surface area contributed by atoms with Crippen LogP contribution in [0, 0.1) is 6.92 Å². The number of nitrogens with two attached hydrogens (primary N) is 1. The molecule has 0 atom stereocenters. The first kappa shape index (κ1) is 17.3. The quantitative estimate of drug-likeness (QED) is 0.636. The van der Waals surface area contributed by atoms with E-state index in [2.05, 4.69) is 0 Å². The van der Waals surface area contributed by atoms with Crippen molar-refractivity contribution in [3.8, 4) is 5.75 Å². The lowest BCUT2D eigenvalue weighted by molar-refractivity contribution is 0.0211. The molecule has 25 heavy (non-hydrogen) atoms. The standard InChI is InChI=1S/C21H25NO3/c1-15-7-9-16(10-8-15)14-24-20-13-17(11-12-19(20)22)21(23)25-18-5-3-2-4-6-18/h7-13,18H,2-6,14,22H2,1H3. The lowest BCUT2D eigenvalue weighted by Crippen LogP contribution is -2.21. The predicted molar refractivity (Wildman–Crippen MR) is 98.7 cm³/mol. The number of hydrogen-bond acceptors (Lipinski definition) is 4. The van der Waals surface area contributed by atoms with E-state index in [0.29, 0.717) is 23.6 Å². The molecule has 0 bridgehead atoms. The highest BCUT2D eigenvalue weighted by Gasteiger charge is 2.19. The normalized spacial score (nSPS) is 14.9. The van der Waals surface area contributed by atoms with Crippen LogP contribution in [0.15, 0.2) is 42.5 Å². The van der Waals surface area contributed by atoms with Crippen molar-refractivity contribution < 1.29 is 14.3 Å². The first-order valence-corrected chi connectivity index (χ1v) is 8.90. The molecule has 0 amide bonds. The maximum Gasteiger partial charge on any atom is 0.338 e. The Kier molecular flexibility index (Phi) is 5.59. The summed E-state index contributed by atoms with van der Waals surface area (Å²) in [5, 5.41) is 0. The SMILES string of the molecule is Cc1ccc(COc2cc(C(=O)OC3CCCCC3)ccc2N)cc1. The van der Waals surface area contributed by atoms with Gasteiger partial charge in [0.25, 0.3) is 0 Å². The Labute approximate surface area is 148 Å². The number of carbonyl (C=O) groups is 1. The molecule has 1 aliphatic carbocycles. The van der Waals surface area contributed by atoms with Crippen LogP contribution in [-0.4, -0.2) is 12.1 Å². The van der Waals surface area contributed by atoms with Crippen molar-refractivity contribution in [1.82, 2.24) is 0 Å². The first-order valence-electron chi connectivity index (χ1n) is 8.90. The molecule has 1 fully saturated rings. The molecule has 0 heterocycles. The summed E-state index contributed by atoms with van der Waals surface area (Å²) in [6, 6.07) is 13.2. The van der Waals surface area contributed by atoms with E-state index < -0.39 is 0 Å². The van der Waals surface area contributed by atoms with Gasteiger partial charge in [-0.1, -0.05) is 36.2 Å². The van der Waals surface area contributed by atoms with Crippen LogP contribution in [-0.2, 0) is 11.3 Å². The van der Waals surface area contributed by atoms with Crippen LogP contribution < -0.4 is 10.5 Å². The number of esters is 1. The molecule has 2 N–H and O–H groups in total. The largest absolute Gasteiger partial charge is 0.487 e. The molecule has 0 saturated heterocycles. The zero-order chi connectivity index (χ0) is 17.6. The third kappa shape index (κ3) is 4.75. The summed E-state index contributed by atoms with van der Waals surface area (Å²) in [6.07, 6.45) is 5.44. The molecule has 1 aliphatic rings. The van der Waals surface area contributed by atoms with Crippen molar-refractivity contribution in [2.75, 3.05) is 5.73 Å². The second-order valence-corrected chi connectivity index (χ2v) is 6.69. The summed E-state index contributed by atoms with van der Waals surface area (Å²) >= 11 is 0. The first-order chi connectivity index (χ1) is 12.1. The average molecular weight is 339 g/mol. The van der Waals surface area contributed by atoms with Crippen LogP contribution in [0.2, 0.25) is 0 Å². The minimum Gasteiger partial charge on any atom is -0.487 e. The minimum absolute atomic E-state index is 0.0377. The molecule has 2 aromatic rings. The van der Waals surface area contributed by atoms with Crippen molar-refractivity contribution in [2.45, 2.75) is 51.7 Å². The van der Waals surface area contributed by atoms with Crippen LogP contribution >= 0.6 is 0 Å². The summed E-state index contributed by atoms with van der Waals surface area (Å²) in [4.78, 5) is 12.4. The number of rotatable bonds is 5. The van der Waals surface area contributed by atoms with Crippen LogP contribution in [0.25, 0.3) is 0 Å². The Morgan fingerprint density at radius 2 is 1.80 bits per heavy atom. The van der Waals surface area contributed by atoms with Gasteiger partial charge in [-0.2, -0.15) is 0 Å². The topological polar surface area (TPSA) is 61.5 Å². The number of ether oxygens (including phenoxy) is 2. The molecule has 4 heteroatoms. The molecular formula is C21H25NO3. The van der Waals surface area contributed by atoms with Crippen molar-refractivity contribution in [3.05, 3.63) is 59.2 Å². The smallest absolute Gasteiger partial charge is 0.338 e. The van der Waals surface area contributed by atoms with Crippen LogP contribution in [0.5, 0.6) is 5.75 Å². The number of nitrogen functional groups attached to an aromatic ring is 1. The van der Waals surface area contributed by atoms with Gasteiger partial charge in [0.1, 0.15) is 18.5 Å². The summed E-state index contributed by atoms with van der Waals surface area (Å²) < 4.78 is 11.4. The molecule has 0 radical (unpaired) electrons. The summed E-state index contributed by atoms with van der Waals surface area (Å²) in [6.45, 7) is 2.45. The Balaban J connectivity index is 1.64. The van der Waals surface area contributed by atoms with Gasteiger partial charge in [0, 0.05) is 0 Å². The fourth-order valence-corrected chi connectivity index (χ4v) is 3.03. The average Bonchev–Trinajstić information content (AvgIpc) is 2.63. The maximum atomic E-state index is 12.4. The molecule has 0 unspecified atom stereocenters. The summed E-state index contributed by atoms with van der Waals surface area (Å²) in [7, 11) is 0. The van der Waals surface area contributed by atoms with Gasteiger partial charge in [0.2, 0.25) is 0 Å². The highest BCUT2D eigenvalue weighted by atomic mass is 16.5. The van der Waals surface area contributed by atoms with Gasteiger partial charge < -0.3 is 15.2 Å². The molecular weight excluding hydrogens is 314 g/mol. The van der Waals surface area contributed by atoms with E-state index in [0.717, 1.165) is 31.2 Å². The van der Waals surface area contributed by atoms with E-state index in [-0.39, 0.29) is 12.1 Å². The van der Waals surface area contributed by atoms with Crippen molar-refractivity contribution in [1.29, 1.82) is 0 Å². The predicted octanol–water partition coefficient (Wildman–Crippen LogP) is 4.65. The van der Waals surface area contributed by atoms with E-state index in [1.54, 1.807) is 18.2 Å². The lowest BCUT2D eigenvalue weighted by atomic mass is 9.98. The zero-order valence-corrected chi connectivity index (χ0v) is 14.7. The van der Waals surface area contributed by atoms with Crippen molar-refractivity contribution in [2.24, 2.45) is 0 Å². The van der Waals surface area contributed by atoms with Gasteiger partial charge in [-0.25, -0.2) is 4.79 Å². The van der Waals surface area contributed by atoms with Gasteiger partial charge in [-0.05, 0) is 56.4 Å². The Morgan fingerprint density at radius 3 is 2.52 bits per heavy atom. The number of aryl methyl sites for hydroxylation is 1. The Hall–Kier alpha value is -2.49. The van der Waals surface area contributed by atoms with Gasteiger partial charge >= 0.3 is 5.97 Å². The molecule has 0 aliphatic heterocycles. The minimum atomic E-state index is -0.299. The van der Waals surface area contributed by atoms with Crippen molar-refractivity contribution in [3.63, 3.8) is 0 Å². The number of carbonyl (C=O) groups excluding carboxylic acids is 1. The summed E-state index contributed by atoms with van der Waals surface area (Å²) in [5.41, 5.74) is 9.25.